The number of esters is 2. The summed E-state index contributed by atoms with van der Waals surface area (Å²) in [6, 6.07) is 6.51. The van der Waals surface area contributed by atoms with Crippen molar-refractivity contribution in [3.8, 4) is 28.7 Å². The number of nitrogens with two attached hydrogens (primary N) is 1. The van der Waals surface area contributed by atoms with Crippen molar-refractivity contribution in [2.45, 2.75) is 31.9 Å². The van der Waals surface area contributed by atoms with Crippen molar-refractivity contribution in [2.24, 2.45) is 23.5 Å². The number of hydrogen-bond acceptors (Lipinski definition) is 10. The first-order chi connectivity index (χ1) is 17.8. The maximum absolute atomic E-state index is 13.2. The third-order valence-corrected chi connectivity index (χ3v) is 7.40. The van der Waals surface area contributed by atoms with E-state index in [2.05, 4.69) is 0 Å². The first-order valence-corrected chi connectivity index (χ1v) is 12.1. The van der Waals surface area contributed by atoms with Crippen LogP contribution in [0.3, 0.4) is 0 Å². The average Bonchev–Trinajstić information content (AvgIpc) is 3.52. The Kier molecular flexibility index (Phi) is 6.53. The highest BCUT2D eigenvalue weighted by molar-refractivity contribution is 5.80. The smallest absolute Gasteiger partial charge is 0.323 e. The molecular weight excluding hydrogens is 482 g/mol. The molecule has 2 aromatic rings. The number of ether oxygens (including phenoxy) is 7. The van der Waals surface area contributed by atoms with E-state index in [4.69, 9.17) is 38.9 Å². The zero-order valence-corrected chi connectivity index (χ0v) is 21.4. The minimum absolute atomic E-state index is 0.0741. The molecular formula is C27H31NO9. The van der Waals surface area contributed by atoms with Crippen LogP contribution in [0.25, 0.3) is 0 Å². The Morgan fingerprint density at radius 2 is 1.57 bits per heavy atom. The molecule has 0 unspecified atom stereocenters. The monoisotopic (exact) mass is 513 g/mol. The fourth-order valence-corrected chi connectivity index (χ4v) is 5.42. The molecule has 0 aromatic heterocycles. The number of benzene rings is 2. The molecule has 0 bridgehead atoms. The van der Waals surface area contributed by atoms with E-state index in [-0.39, 0.29) is 25.3 Å². The lowest BCUT2D eigenvalue weighted by Gasteiger charge is -2.39. The van der Waals surface area contributed by atoms with Gasteiger partial charge in [0.1, 0.15) is 12.1 Å². The number of carbonyl (C=O) groups excluding carboxylic acids is 2. The zero-order chi connectivity index (χ0) is 26.4. The molecule has 1 saturated heterocycles. The van der Waals surface area contributed by atoms with E-state index in [0.717, 1.165) is 11.1 Å². The molecule has 0 amide bonds. The maximum Gasteiger partial charge on any atom is 0.323 e. The largest absolute Gasteiger partial charge is 0.493 e. The normalized spacial score (nSPS) is 24.1. The molecule has 10 heteroatoms. The van der Waals surface area contributed by atoms with Crippen LogP contribution < -0.4 is 29.4 Å². The van der Waals surface area contributed by atoms with Crippen molar-refractivity contribution in [2.75, 3.05) is 34.7 Å². The van der Waals surface area contributed by atoms with Gasteiger partial charge in [-0.15, -0.1) is 0 Å². The lowest BCUT2D eigenvalue weighted by atomic mass is 9.66. The van der Waals surface area contributed by atoms with Gasteiger partial charge in [0.2, 0.25) is 12.5 Å². The molecule has 0 spiro atoms. The summed E-state index contributed by atoms with van der Waals surface area (Å²) in [7, 11) is 4.60. The first kappa shape index (κ1) is 25.0. The second kappa shape index (κ2) is 9.66. The highest BCUT2D eigenvalue weighted by atomic mass is 16.7. The van der Waals surface area contributed by atoms with Crippen molar-refractivity contribution in [1.29, 1.82) is 0 Å². The molecule has 37 heavy (non-hydrogen) atoms. The van der Waals surface area contributed by atoms with E-state index in [0.29, 0.717) is 34.3 Å². The summed E-state index contributed by atoms with van der Waals surface area (Å²) in [5.74, 6) is -0.119. The van der Waals surface area contributed by atoms with Gasteiger partial charge in [0.05, 0.1) is 33.9 Å². The Morgan fingerprint density at radius 3 is 2.14 bits per heavy atom. The molecule has 5 atom stereocenters. The van der Waals surface area contributed by atoms with Gasteiger partial charge in [0.25, 0.3) is 0 Å². The summed E-state index contributed by atoms with van der Waals surface area (Å²) in [6.45, 7) is 3.88. The number of carbonyl (C=O) groups is 2. The van der Waals surface area contributed by atoms with Gasteiger partial charge in [0.15, 0.2) is 23.0 Å². The van der Waals surface area contributed by atoms with Crippen LogP contribution in [0.4, 0.5) is 0 Å². The Balaban J connectivity index is 1.69. The van der Waals surface area contributed by atoms with Gasteiger partial charge in [0, 0.05) is 17.4 Å². The maximum atomic E-state index is 13.2. The predicted molar refractivity (Wildman–Crippen MR) is 130 cm³/mol. The standard InChI is InChI=1S/C27H31NO9/c1-12(2)23(28)27(30)37-24-15-9-18-17(35-11-36-18)8-14(15)21(22-16(24)10-34-26(22)29)13-6-19(31-3)25(33-5)20(7-13)32-4/h6-9,12,16,21-24H,10-11,28H2,1-5H3/t16-,21+,22+,23-,24-/m0/s1. The summed E-state index contributed by atoms with van der Waals surface area (Å²) in [5.41, 5.74) is 8.33. The van der Waals surface area contributed by atoms with E-state index in [1.165, 1.54) is 21.3 Å². The molecule has 2 N–H and O–H groups in total. The van der Waals surface area contributed by atoms with Crippen LogP contribution in [0, 0.1) is 17.8 Å². The lowest BCUT2D eigenvalue weighted by molar-refractivity contribution is -0.157. The average molecular weight is 514 g/mol. The van der Waals surface area contributed by atoms with Gasteiger partial charge in [-0.3, -0.25) is 9.59 Å². The third kappa shape index (κ3) is 4.09. The fraction of sp³-hybridized carbons (Fsp3) is 0.481. The molecule has 0 saturated carbocycles. The Labute approximate surface area is 214 Å². The van der Waals surface area contributed by atoms with Crippen molar-refractivity contribution in [3.63, 3.8) is 0 Å². The van der Waals surface area contributed by atoms with E-state index >= 15 is 0 Å². The molecule has 1 fully saturated rings. The quantitative estimate of drug-likeness (QED) is 0.553. The molecule has 10 nitrogen and oxygen atoms in total. The number of fused-ring (bicyclic) bond motifs is 3. The van der Waals surface area contributed by atoms with Crippen LogP contribution in [0.1, 0.15) is 42.6 Å². The highest BCUT2D eigenvalue weighted by Gasteiger charge is 2.54. The Bertz CT molecular complexity index is 1200. The summed E-state index contributed by atoms with van der Waals surface area (Å²) in [4.78, 5) is 26.2. The van der Waals surface area contributed by atoms with Crippen LogP contribution in [-0.4, -0.2) is 52.7 Å². The van der Waals surface area contributed by atoms with Crippen molar-refractivity contribution in [3.05, 3.63) is 41.0 Å². The van der Waals surface area contributed by atoms with Crippen molar-refractivity contribution in [1.82, 2.24) is 0 Å². The fourth-order valence-electron chi connectivity index (χ4n) is 5.42. The molecule has 2 heterocycles. The molecule has 5 rings (SSSR count). The second-order valence-corrected chi connectivity index (χ2v) is 9.72. The number of rotatable bonds is 7. The molecule has 2 aliphatic heterocycles. The summed E-state index contributed by atoms with van der Waals surface area (Å²) >= 11 is 0. The topological polar surface area (TPSA) is 125 Å². The summed E-state index contributed by atoms with van der Waals surface area (Å²) < 4.78 is 39.5. The summed E-state index contributed by atoms with van der Waals surface area (Å²) in [6.07, 6.45) is -0.753. The van der Waals surface area contributed by atoms with E-state index < -0.39 is 35.9 Å². The molecule has 3 aliphatic rings. The minimum atomic E-state index is -0.804. The van der Waals surface area contributed by atoms with Crippen LogP contribution in [-0.2, 0) is 19.1 Å². The molecule has 198 valence electrons. The SMILES string of the molecule is COc1cc([C@@H]2c3cc4c(cc3[C@H](OC(=O)[C@@H](N)C(C)C)[C@H]3COC(=O)[C@@H]23)OCO4)cc(OC)c1OC. The molecule has 2 aromatic carbocycles. The zero-order valence-electron chi connectivity index (χ0n) is 21.4. The van der Waals surface area contributed by atoms with Gasteiger partial charge in [-0.2, -0.15) is 0 Å². The highest BCUT2D eigenvalue weighted by Crippen LogP contribution is 2.56. The predicted octanol–water partition coefficient (Wildman–Crippen LogP) is 2.94. The lowest BCUT2D eigenvalue weighted by Crippen LogP contribution is -2.41. The number of cyclic esters (lactones) is 1. The molecule has 0 radical (unpaired) electrons. The van der Waals surface area contributed by atoms with Crippen molar-refractivity contribution >= 4 is 11.9 Å². The third-order valence-electron chi connectivity index (χ3n) is 7.40. The van der Waals surface area contributed by atoms with E-state index in [9.17, 15) is 9.59 Å². The second-order valence-electron chi connectivity index (χ2n) is 9.72. The Morgan fingerprint density at radius 1 is 0.946 bits per heavy atom. The van der Waals surface area contributed by atoms with E-state index in [1.54, 1.807) is 0 Å². The summed E-state index contributed by atoms with van der Waals surface area (Å²) in [5, 5.41) is 0. The van der Waals surface area contributed by atoms with Gasteiger partial charge >= 0.3 is 11.9 Å². The van der Waals surface area contributed by atoms with Crippen molar-refractivity contribution < 1.29 is 42.7 Å². The van der Waals surface area contributed by atoms with Crippen LogP contribution in [0.15, 0.2) is 24.3 Å². The van der Waals surface area contributed by atoms with Crippen LogP contribution in [0.2, 0.25) is 0 Å². The van der Waals surface area contributed by atoms with Crippen LogP contribution >= 0.6 is 0 Å². The van der Waals surface area contributed by atoms with Crippen LogP contribution in [0.5, 0.6) is 28.7 Å². The van der Waals surface area contributed by atoms with Gasteiger partial charge in [-0.25, -0.2) is 0 Å². The van der Waals surface area contributed by atoms with E-state index in [1.807, 2.05) is 38.1 Å². The molecule has 1 aliphatic carbocycles. The number of methoxy groups -OCH3 is 3. The number of hydrogen-bond donors (Lipinski definition) is 1. The Hall–Kier alpha value is -3.66. The minimum Gasteiger partial charge on any atom is -0.493 e. The van der Waals surface area contributed by atoms with Gasteiger partial charge in [-0.05, 0) is 41.3 Å². The van der Waals surface area contributed by atoms with Gasteiger partial charge in [-0.1, -0.05) is 13.8 Å². The van der Waals surface area contributed by atoms with Gasteiger partial charge < -0.3 is 38.9 Å². The first-order valence-electron chi connectivity index (χ1n) is 12.1.